The Labute approximate surface area is 59.2 Å². The molecule has 0 aromatic heterocycles. The lowest BCUT2D eigenvalue weighted by Gasteiger charge is -1.93. The molecular weight excluding hydrogens is 129 g/mol. The summed E-state index contributed by atoms with van der Waals surface area (Å²) in [6.45, 7) is 3.47. The van der Waals surface area contributed by atoms with Gasteiger partial charge in [-0.05, 0) is 12.6 Å². The molecular formula is C8H9FN+. The fourth-order valence-corrected chi connectivity index (χ4v) is 0.737. The lowest BCUT2D eigenvalue weighted by molar-refractivity contribution is -0.498. The van der Waals surface area contributed by atoms with Crippen molar-refractivity contribution in [3.8, 4) is 0 Å². The second-order valence-corrected chi connectivity index (χ2v) is 1.92. The first kappa shape index (κ1) is 6.96. The summed E-state index contributed by atoms with van der Waals surface area (Å²) in [4.78, 5) is 0. The van der Waals surface area contributed by atoms with Gasteiger partial charge in [0, 0.05) is 6.07 Å². The van der Waals surface area contributed by atoms with Gasteiger partial charge in [0.1, 0.15) is 0 Å². The zero-order valence-corrected chi connectivity index (χ0v) is 5.55. The van der Waals surface area contributed by atoms with Crippen LogP contribution in [0.2, 0.25) is 0 Å². The molecule has 0 bridgehead atoms. The summed E-state index contributed by atoms with van der Waals surface area (Å²) < 4.78 is 12.7. The van der Waals surface area contributed by atoms with Crippen LogP contribution in [0.5, 0.6) is 0 Å². The standard InChI is InChI=1S/C8H8FN/c1-2-10-8-6-4-3-5-7(8)9/h2-6,10H,1H2/p+1. The molecule has 0 radical (unpaired) electrons. The number of para-hydroxylation sites is 1. The van der Waals surface area contributed by atoms with Crippen LogP contribution in [0, 0.1) is 5.82 Å². The van der Waals surface area contributed by atoms with Crippen LogP contribution in [0.15, 0.2) is 37.0 Å². The van der Waals surface area contributed by atoms with Gasteiger partial charge in [0.2, 0.25) is 0 Å². The summed E-state index contributed by atoms with van der Waals surface area (Å²) in [5, 5.41) is 1.63. The van der Waals surface area contributed by atoms with Crippen molar-refractivity contribution in [2.24, 2.45) is 0 Å². The highest BCUT2D eigenvalue weighted by atomic mass is 19.1. The van der Waals surface area contributed by atoms with E-state index in [1.165, 1.54) is 6.07 Å². The van der Waals surface area contributed by atoms with Gasteiger partial charge in [0.15, 0.2) is 11.5 Å². The molecule has 0 aliphatic carbocycles. The van der Waals surface area contributed by atoms with Crippen LogP contribution in [0.3, 0.4) is 0 Å². The summed E-state index contributed by atoms with van der Waals surface area (Å²) in [5.74, 6) is -0.206. The largest absolute Gasteiger partial charge is 0.286 e. The van der Waals surface area contributed by atoms with E-state index in [-0.39, 0.29) is 5.82 Å². The van der Waals surface area contributed by atoms with Crippen molar-refractivity contribution in [2.45, 2.75) is 0 Å². The molecule has 0 heterocycles. The molecule has 1 nitrogen and oxygen atoms in total. The van der Waals surface area contributed by atoms with Crippen LogP contribution in [-0.2, 0) is 0 Å². The molecule has 0 fully saturated rings. The van der Waals surface area contributed by atoms with Gasteiger partial charge < -0.3 is 0 Å². The summed E-state index contributed by atoms with van der Waals surface area (Å²) in [6.07, 6.45) is 1.57. The zero-order chi connectivity index (χ0) is 7.40. The van der Waals surface area contributed by atoms with Gasteiger partial charge in [-0.25, -0.2) is 4.39 Å². The Hall–Kier alpha value is -1.15. The van der Waals surface area contributed by atoms with Gasteiger partial charge in [0.25, 0.3) is 0 Å². The average Bonchev–Trinajstić information content (AvgIpc) is 1.94. The van der Waals surface area contributed by atoms with Gasteiger partial charge in [-0.15, -0.1) is 0 Å². The summed E-state index contributed by atoms with van der Waals surface area (Å²) in [7, 11) is 0. The third kappa shape index (κ3) is 1.42. The van der Waals surface area contributed by atoms with Gasteiger partial charge >= 0.3 is 0 Å². The minimum absolute atomic E-state index is 0.206. The van der Waals surface area contributed by atoms with Crippen molar-refractivity contribution in [3.63, 3.8) is 0 Å². The normalized spacial score (nSPS) is 9.30. The fourth-order valence-electron chi connectivity index (χ4n) is 0.737. The van der Waals surface area contributed by atoms with E-state index in [0.29, 0.717) is 5.69 Å². The topological polar surface area (TPSA) is 16.6 Å². The SMILES string of the molecule is C=C[NH2+]c1ccccc1F. The van der Waals surface area contributed by atoms with Crippen LogP contribution in [-0.4, -0.2) is 0 Å². The predicted molar refractivity (Wildman–Crippen MR) is 38.2 cm³/mol. The second-order valence-electron chi connectivity index (χ2n) is 1.92. The van der Waals surface area contributed by atoms with Crippen molar-refractivity contribution in [3.05, 3.63) is 42.9 Å². The zero-order valence-electron chi connectivity index (χ0n) is 5.55. The monoisotopic (exact) mass is 138 g/mol. The van der Waals surface area contributed by atoms with Gasteiger partial charge in [0.05, 0.1) is 6.20 Å². The number of halogens is 1. The molecule has 2 heteroatoms. The molecule has 10 heavy (non-hydrogen) atoms. The number of quaternary nitrogens is 1. The Balaban J connectivity index is 2.91. The molecule has 1 aromatic rings. The highest BCUT2D eigenvalue weighted by Crippen LogP contribution is 2.04. The van der Waals surface area contributed by atoms with E-state index in [2.05, 4.69) is 6.58 Å². The Kier molecular flexibility index (Phi) is 2.18. The Morgan fingerprint density at radius 2 is 2.10 bits per heavy atom. The van der Waals surface area contributed by atoms with Gasteiger partial charge in [-0.2, -0.15) is 0 Å². The van der Waals surface area contributed by atoms with E-state index in [9.17, 15) is 4.39 Å². The number of hydrogen-bond donors (Lipinski definition) is 1. The molecule has 0 saturated heterocycles. The van der Waals surface area contributed by atoms with E-state index < -0.39 is 0 Å². The number of hydrogen-bond acceptors (Lipinski definition) is 0. The Morgan fingerprint density at radius 3 is 2.70 bits per heavy atom. The third-order valence-corrected chi connectivity index (χ3v) is 1.20. The van der Waals surface area contributed by atoms with Crippen molar-refractivity contribution >= 4 is 5.69 Å². The number of benzene rings is 1. The first-order chi connectivity index (χ1) is 4.84. The maximum atomic E-state index is 12.7. The summed E-state index contributed by atoms with van der Waals surface area (Å²) in [6, 6.07) is 6.58. The van der Waals surface area contributed by atoms with E-state index >= 15 is 0 Å². The molecule has 0 spiro atoms. The van der Waals surface area contributed by atoms with Crippen LogP contribution >= 0.6 is 0 Å². The van der Waals surface area contributed by atoms with Crippen molar-refractivity contribution in [1.29, 1.82) is 0 Å². The second kappa shape index (κ2) is 3.13. The molecule has 0 unspecified atom stereocenters. The smallest absolute Gasteiger partial charge is 0.184 e. The third-order valence-electron chi connectivity index (χ3n) is 1.20. The molecule has 52 valence electrons. The molecule has 0 amide bonds. The highest BCUT2D eigenvalue weighted by Gasteiger charge is 1.99. The van der Waals surface area contributed by atoms with Crippen LogP contribution < -0.4 is 5.32 Å². The first-order valence-corrected chi connectivity index (χ1v) is 3.05. The fraction of sp³-hybridized carbons (Fsp3) is 0. The molecule has 0 aliphatic heterocycles. The lowest BCUT2D eigenvalue weighted by Crippen LogP contribution is -2.71. The van der Waals surface area contributed by atoms with Crippen molar-refractivity contribution < 1.29 is 9.71 Å². The maximum absolute atomic E-state index is 12.7. The molecule has 2 N–H and O–H groups in total. The van der Waals surface area contributed by atoms with Gasteiger partial charge in [-0.3, -0.25) is 5.32 Å². The number of nitrogens with two attached hydrogens (primary N) is 1. The molecule has 1 rings (SSSR count). The highest BCUT2D eigenvalue weighted by molar-refractivity contribution is 5.29. The van der Waals surface area contributed by atoms with E-state index in [1.807, 2.05) is 0 Å². The van der Waals surface area contributed by atoms with Gasteiger partial charge in [-0.1, -0.05) is 12.1 Å². The average molecular weight is 138 g/mol. The maximum Gasteiger partial charge on any atom is 0.184 e. The summed E-state index contributed by atoms with van der Waals surface area (Å²) >= 11 is 0. The molecule has 0 atom stereocenters. The van der Waals surface area contributed by atoms with Crippen molar-refractivity contribution in [2.75, 3.05) is 0 Å². The Bertz CT molecular complexity index is 232. The molecule has 1 aromatic carbocycles. The number of rotatable bonds is 2. The van der Waals surface area contributed by atoms with E-state index in [0.717, 1.165) is 0 Å². The lowest BCUT2D eigenvalue weighted by atomic mass is 10.3. The van der Waals surface area contributed by atoms with Crippen molar-refractivity contribution in [1.82, 2.24) is 0 Å². The minimum atomic E-state index is -0.206. The first-order valence-electron chi connectivity index (χ1n) is 3.05. The van der Waals surface area contributed by atoms with Crippen LogP contribution in [0.1, 0.15) is 0 Å². The quantitative estimate of drug-likeness (QED) is 0.591. The minimum Gasteiger partial charge on any atom is -0.286 e. The van der Waals surface area contributed by atoms with Crippen LogP contribution in [0.4, 0.5) is 10.1 Å². The van der Waals surface area contributed by atoms with E-state index in [4.69, 9.17) is 0 Å². The van der Waals surface area contributed by atoms with Crippen LogP contribution in [0.25, 0.3) is 0 Å². The summed E-state index contributed by atoms with van der Waals surface area (Å²) in [5.41, 5.74) is 0.581. The molecule has 0 aliphatic rings. The Morgan fingerprint density at radius 1 is 1.40 bits per heavy atom. The molecule has 0 saturated carbocycles. The predicted octanol–water partition coefficient (Wildman–Crippen LogP) is 1.16. The van der Waals surface area contributed by atoms with E-state index in [1.54, 1.807) is 29.7 Å².